The van der Waals surface area contributed by atoms with Crippen molar-refractivity contribution in [3.8, 4) is 5.75 Å². The maximum atomic E-state index is 13.0. The zero-order valence-electron chi connectivity index (χ0n) is 18.7. The normalized spacial score (nSPS) is 14.8. The van der Waals surface area contributed by atoms with Crippen LogP contribution in [0.1, 0.15) is 16.7 Å². The molecule has 0 N–H and O–H groups in total. The summed E-state index contributed by atoms with van der Waals surface area (Å²) in [6.45, 7) is 0.512. The summed E-state index contributed by atoms with van der Waals surface area (Å²) in [5, 5.41) is 3.01. The minimum absolute atomic E-state index is 0.233. The Labute approximate surface area is 231 Å². The van der Waals surface area contributed by atoms with Gasteiger partial charge in [-0.2, -0.15) is 0 Å². The molecule has 36 heavy (non-hydrogen) atoms. The second-order valence-electron chi connectivity index (χ2n) is 8.16. The van der Waals surface area contributed by atoms with Gasteiger partial charge in [-0.05, 0) is 86.0 Å². The summed E-state index contributed by atoms with van der Waals surface area (Å²) >= 11 is 16.6. The van der Waals surface area contributed by atoms with Crippen molar-refractivity contribution in [2.75, 3.05) is 0 Å². The molecule has 0 unspecified atom stereocenters. The van der Waals surface area contributed by atoms with Crippen molar-refractivity contribution in [3.63, 3.8) is 0 Å². The predicted molar refractivity (Wildman–Crippen MR) is 150 cm³/mol. The highest BCUT2D eigenvalue weighted by atomic mass is 79.9. The van der Waals surface area contributed by atoms with E-state index in [1.54, 1.807) is 24.3 Å². The summed E-state index contributed by atoms with van der Waals surface area (Å²) in [4.78, 5) is 27.3. The number of hydrogen-bond acceptors (Lipinski definition) is 4. The number of amides is 2. The first kappa shape index (κ1) is 24.9. The van der Waals surface area contributed by atoms with Gasteiger partial charge in [0.15, 0.2) is 0 Å². The first-order chi connectivity index (χ1) is 17.4. The topological polar surface area (TPSA) is 46.6 Å². The van der Waals surface area contributed by atoms with Crippen LogP contribution in [0.2, 0.25) is 10.0 Å². The fraction of sp³-hybridized carbons (Fsp3) is 0.0714. The van der Waals surface area contributed by atoms with E-state index in [0.717, 1.165) is 43.7 Å². The Bertz CT molecular complexity index is 1540. The molecule has 1 fully saturated rings. The third-order valence-electron chi connectivity index (χ3n) is 5.68. The van der Waals surface area contributed by atoms with Crippen molar-refractivity contribution in [1.82, 2.24) is 4.90 Å². The number of hydrogen-bond donors (Lipinski definition) is 0. The maximum Gasteiger partial charge on any atom is 0.293 e. The number of halogens is 3. The van der Waals surface area contributed by atoms with Gasteiger partial charge >= 0.3 is 0 Å². The number of nitrogens with zero attached hydrogens (tertiary/aromatic N) is 1. The number of fused-ring (bicyclic) bond motifs is 1. The molecule has 0 radical (unpaired) electrons. The Hall–Kier alpha value is -2.77. The molecule has 0 spiro atoms. The molecular formula is C28H18BrCl2NO3S. The largest absolute Gasteiger partial charge is 0.488 e. The quantitative estimate of drug-likeness (QED) is 0.208. The minimum Gasteiger partial charge on any atom is -0.488 e. The molecule has 0 aliphatic carbocycles. The molecule has 1 aliphatic rings. The smallest absolute Gasteiger partial charge is 0.293 e. The van der Waals surface area contributed by atoms with Crippen molar-refractivity contribution < 1.29 is 14.3 Å². The molecule has 1 heterocycles. The Morgan fingerprint density at radius 2 is 1.72 bits per heavy atom. The number of benzene rings is 4. The van der Waals surface area contributed by atoms with Crippen LogP contribution in [0.25, 0.3) is 16.8 Å². The molecule has 4 aromatic rings. The van der Waals surface area contributed by atoms with Gasteiger partial charge in [0, 0.05) is 15.6 Å². The molecule has 0 atom stereocenters. The van der Waals surface area contributed by atoms with E-state index in [4.69, 9.17) is 27.9 Å². The van der Waals surface area contributed by atoms with Gasteiger partial charge in [0.05, 0.1) is 15.9 Å². The van der Waals surface area contributed by atoms with E-state index >= 15 is 0 Å². The SMILES string of the molecule is O=C1S/C(=C\c2ccc(OCc3ccc(Cl)cc3Cl)c(Br)c2)C(=O)N1Cc1ccc2ccccc2c1. The summed E-state index contributed by atoms with van der Waals surface area (Å²) in [6, 6.07) is 24.7. The van der Waals surface area contributed by atoms with E-state index in [2.05, 4.69) is 15.9 Å². The van der Waals surface area contributed by atoms with Crippen molar-refractivity contribution in [2.45, 2.75) is 13.2 Å². The highest BCUT2D eigenvalue weighted by Gasteiger charge is 2.35. The fourth-order valence-corrected chi connectivity index (χ4v) is 5.64. The van der Waals surface area contributed by atoms with Gasteiger partial charge in [0.2, 0.25) is 0 Å². The average molecular weight is 599 g/mol. The van der Waals surface area contributed by atoms with E-state index in [-0.39, 0.29) is 24.3 Å². The number of ether oxygens (including phenoxy) is 1. The fourth-order valence-electron chi connectivity index (χ4n) is 3.83. The Kier molecular flexibility index (Phi) is 7.39. The lowest BCUT2D eigenvalue weighted by Gasteiger charge is -2.13. The lowest BCUT2D eigenvalue weighted by atomic mass is 10.1. The standard InChI is InChI=1S/C28H18BrCl2NO3S/c29-23-12-17(6-10-25(23)35-16-21-8-9-22(30)14-24(21)31)13-26-27(33)32(28(34)36-26)15-18-5-7-19-3-1-2-4-20(19)11-18/h1-14H,15-16H2/b26-13-. The molecule has 2 amide bonds. The van der Waals surface area contributed by atoms with Gasteiger partial charge in [-0.1, -0.05) is 71.7 Å². The van der Waals surface area contributed by atoms with Crippen LogP contribution < -0.4 is 4.74 Å². The minimum atomic E-state index is -0.299. The number of imide groups is 1. The third kappa shape index (κ3) is 5.47. The molecule has 8 heteroatoms. The lowest BCUT2D eigenvalue weighted by molar-refractivity contribution is -0.123. The maximum absolute atomic E-state index is 13.0. The molecular weight excluding hydrogens is 581 g/mol. The first-order valence-electron chi connectivity index (χ1n) is 11.0. The van der Waals surface area contributed by atoms with Gasteiger partial charge in [-0.3, -0.25) is 14.5 Å². The highest BCUT2D eigenvalue weighted by Crippen LogP contribution is 2.35. The molecule has 5 rings (SSSR count). The second kappa shape index (κ2) is 10.7. The number of thioether (sulfide) groups is 1. The van der Waals surface area contributed by atoms with Crippen LogP contribution in [0.5, 0.6) is 5.75 Å². The predicted octanol–water partition coefficient (Wildman–Crippen LogP) is 8.72. The van der Waals surface area contributed by atoms with Gasteiger partial charge in [-0.25, -0.2) is 0 Å². The monoisotopic (exact) mass is 597 g/mol. The summed E-state index contributed by atoms with van der Waals surface area (Å²) < 4.78 is 6.61. The lowest BCUT2D eigenvalue weighted by Crippen LogP contribution is -2.27. The Morgan fingerprint density at radius 1 is 0.917 bits per heavy atom. The van der Waals surface area contributed by atoms with Crippen LogP contribution in [0.15, 0.2) is 88.2 Å². The van der Waals surface area contributed by atoms with E-state index in [9.17, 15) is 9.59 Å². The molecule has 1 saturated heterocycles. The molecule has 4 aromatic carbocycles. The van der Waals surface area contributed by atoms with Crippen LogP contribution in [0.3, 0.4) is 0 Å². The summed E-state index contributed by atoms with van der Waals surface area (Å²) in [5.74, 6) is 0.328. The van der Waals surface area contributed by atoms with Crippen molar-refractivity contribution in [1.29, 1.82) is 0 Å². The zero-order valence-corrected chi connectivity index (χ0v) is 22.6. The van der Waals surface area contributed by atoms with Gasteiger partial charge in [0.25, 0.3) is 11.1 Å². The van der Waals surface area contributed by atoms with Gasteiger partial charge < -0.3 is 4.74 Å². The molecule has 0 bridgehead atoms. The van der Waals surface area contributed by atoms with Crippen LogP contribution in [-0.2, 0) is 17.9 Å². The summed E-state index contributed by atoms with van der Waals surface area (Å²) in [6.07, 6.45) is 1.72. The Morgan fingerprint density at radius 3 is 2.50 bits per heavy atom. The number of rotatable bonds is 6. The van der Waals surface area contributed by atoms with E-state index in [1.807, 2.05) is 60.7 Å². The third-order valence-corrected chi connectivity index (χ3v) is 7.79. The molecule has 0 aromatic heterocycles. The summed E-state index contributed by atoms with van der Waals surface area (Å²) in [5.41, 5.74) is 2.49. The first-order valence-corrected chi connectivity index (χ1v) is 13.3. The van der Waals surface area contributed by atoms with Crippen LogP contribution in [0, 0.1) is 0 Å². The number of carbonyl (C=O) groups excluding carboxylic acids is 2. The highest BCUT2D eigenvalue weighted by molar-refractivity contribution is 9.10. The second-order valence-corrected chi connectivity index (χ2v) is 10.9. The number of carbonyl (C=O) groups is 2. The summed E-state index contributed by atoms with van der Waals surface area (Å²) in [7, 11) is 0. The van der Waals surface area contributed by atoms with E-state index in [0.29, 0.717) is 20.7 Å². The molecule has 0 saturated carbocycles. The molecule has 4 nitrogen and oxygen atoms in total. The molecule has 1 aliphatic heterocycles. The van der Waals surface area contributed by atoms with Crippen molar-refractivity contribution >= 4 is 78.9 Å². The van der Waals surface area contributed by atoms with Crippen molar-refractivity contribution in [3.05, 3.63) is 115 Å². The average Bonchev–Trinajstić information content (AvgIpc) is 3.11. The zero-order chi connectivity index (χ0) is 25.2. The Balaban J connectivity index is 1.28. The van der Waals surface area contributed by atoms with Gasteiger partial charge in [-0.15, -0.1) is 0 Å². The van der Waals surface area contributed by atoms with E-state index in [1.165, 1.54) is 4.90 Å². The van der Waals surface area contributed by atoms with Crippen LogP contribution in [-0.4, -0.2) is 16.0 Å². The van der Waals surface area contributed by atoms with Crippen molar-refractivity contribution in [2.24, 2.45) is 0 Å². The van der Waals surface area contributed by atoms with Crippen LogP contribution in [0.4, 0.5) is 4.79 Å². The van der Waals surface area contributed by atoms with Gasteiger partial charge in [0.1, 0.15) is 12.4 Å². The molecule has 180 valence electrons. The van der Waals surface area contributed by atoms with E-state index < -0.39 is 0 Å². The van der Waals surface area contributed by atoms with Crippen LogP contribution >= 0.6 is 50.9 Å².